The quantitative estimate of drug-likeness (QED) is 0.498. The minimum Gasteiger partial charge on any atom is -0.497 e. The van der Waals surface area contributed by atoms with Crippen molar-refractivity contribution in [1.82, 2.24) is 0 Å². The van der Waals surface area contributed by atoms with Crippen molar-refractivity contribution in [1.29, 1.82) is 0 Å². The molecule has 0 aliphatic carbocycles. The maximum atomic E-state index is 13.5. The van der Waals surface area contributed by atoms with E-state index in [4.69, 9.17) is 25.8 Å². The minimum atomic E-state index is -3.88. The lowest BCUT2D eigenvalue weighted by molar-refractivity contribution is 0.393. The molecular formula is C22H22ClNO5S. The fourth-order valence-electron chi connectivity index (χ4n) is 2.92. The number of sulfonamides is 1. The van der Waals surface area contributed by atoms with Gasteiger partial charge in [0.25, 0.3) is 10.0 Å². The summed E-state index contributed by atoms with van der Waals surface area (Å²) in [6.45, 7) is 0.0743. The number of nitrogens with zero attached hydrogens (tertiary/aromatic N) is 1. The number of hydrogen-bond acceptors (Lipinski definition) is 5. The number of benzene rings is 3. The summed E-state index contributed by atoms with van der Waals surface area (Å²) in [4.78, 5) is 0.137. The molecule has 0 aliphatic rings. The van der Waals surface area contributed by atoms with Crippen molar-refractivity contribution < 1.29 is 22.6 Å². The molecule has 0 bridgehead atoms. The lowest BCUT2D eigenvalue weighted by Gasteiger charge is -2.25. The molecule has 0 atom stereocenters. The van der Waals surface area contributed by atoms with E-state index in [-0.39, 0.29) is 11.4 Å². The van der Waals surface area contributed by atoms with Crippen LogP contribution < -0.4 is 18.5 Å². The first kappa shape index (κ1) is 21.8. The molecule has 30 heavy (non-hydrogen) atoms. The molecule has 0 radical (unpaired) electrons. The van der Waals surface area contributed by atoms with Gasteiger partial charge in [0.1, 0.15) is 17.2 Å². The highest BCUT2D eigenvalue weighted by molar-refractivity contribution is 7.92. The molecular weight excluding hydrogens is 426 g/mol. The van der Waals surface area contributed by atoms with Crippen LogP contribution in [0.25, 0.3) is 0 Å². The molecule has 0 aromatic heterocycles. The molecule has 0 amide bonds. The number of anilines is 1. The van der Waals surface area contributed by atoms with Crippen molar-refractivity contribution in [2.24, 2.45) is 0 Å². The molecule has 0 fully saturated rings. The Hall–Kier alpha value is -2.90. The van der Waals surface area contributed by atoms with E-state index in [1.165, 1.54) is 16.4 Å². The van der Waals surface area contributed by atoms with E-state index in [2.05, 4.69) is 0 Å². The van der Waals surface area contributed by atoms with Gasteiger partial charge in [0, 0.05) is 11.1 Å². The topological polar surface area (TPSA) is 65.1 Å². The highest BCUT2D eigenvalue weighted by atomic mass is 35.5. The molecule has 0 heterocycles. The summed E-state index contributed by atoms with van der Waals surface area (Å²) in [6, 6.07) is 18.2. The third-order valence-corrected chi connectivity index (χ3v) is 6.54. The molecule has 0 saturated heterocycles. The van der Waals surface area contributed by atoms with Crippen LogP contribution in [0.5, 0.6) is 17.2 Å². The van der Waals surface area contributed by atoms with Crippen LogP contribution in [0.2, 0.25) is 5.02 Å². The Labute approximate surface area is 181 Å². The molecule has 0 aliphatic heterocycles. The van der Waals surface area contributed by atoms with E-state index < -0.39 is 10.0 Å². The van der Waals surface area contributed by atoms with E-state index >= 15 is 0 Å². The summed E-state index contributed by atoms with van der Waals surface area (Å²) in [5.74, 6) is 1.77. The number of halogens is 1. The van der Waals surface area contributed by atoms with E-state index in [1.54, 1.807) is 75.9 Å². The van der Waals surface area contributed by atoms with Crippen molar-refractivity contribution in [3.8, 4) is 17.2 Å². The molecule has 0 unspecified atom stereocenters. The first-order valence-electron chi connectivity index (χ1n) is 9.01. The smallest absolute Gasteiger partial charge is 0.264 e. The van der Waals surface area contributed by atoms with Crippen LogP contribution >= 0.6 is 11.6 Å². The van der Waals surface area contributed by atoms with Gasteiger partial charge in [-0.3, -0.25) is 4.31 Å². The maximum absolute atomic E-state index is 13.5. The average Bonchev–Trinajstić information content (AvgIpc) is 2.77. The zero-order valence-electron chi connectivity index (χ0n) is 16.8. The number of methoxy groups -OCH3 is 3. The SMILES string of the molecule is COc1ccc(N(Cc2cc(OC)cc(OC)c2)S(=O)(=O)c2ccc(Cl)cc2)cc1. The molecule has 3 aromatic carbocycles. The highest BCUT2D eigenvalue weighted by Crippen LogP contribution is 2.30. The third kappa shape index (κ3) is 4.80. The molecule has 0 N–H and O–H groups in total. The van der Waals surface area contributed by atoms with Crippen LogP contribution in [0.1, 0.15) is 5.56 Å². The Morgan fingerprint density at radius 1 is 0.767 bits per heavy atom. The predicted molar refractivity (Wildman–Crippen MR) is 117 cm³/mol. The Morgan fingerprint density at radius 3 is 1.80 bits per heavy atom. The van der Waals surface area contributed by atoms with Crippen molar-refractivity contribution >= 4 is 27.3 Å². The molecule has 3 aromatic rings. The lowest BCUT2D eigenvalue weighted by atomic mass is 10.2. The summed E-state index contributed by atoms with van der Waals surface area (Å²) in [5.41, 5.74) is 1.20. The molecule has 0 spiro atoms. The van der Waals surface area contributed by atoms with Gasteiger partial charge in [-0.2, -0.15) is 0 Å². The normalized spacial score (nSPS) is 11.1. The fourth-order valence-corrected chi connectivity index (χ4v) is 4.50. The zero-order chi connectivity index (χ0) is 21.7. The number of hydrogen-bond donors (Lipinski definition) is 0. The monoisotopic (exact) mass is 447 g/mol. The Balaban J connectivity index is 2.08. The highest BCUT2D eigenvalue weighted by Gasteiger charge is 2.26. The van der Waals surface area contributed by atoms with Crippen LogP contribution in [0.4, 0.5) is 5.69 Å². The summed E-state index contributed by atoms with van der Waals surface area (Å²) < 4.78 is 44.2. The van der Waals surface area contributed by atoms with Crippen LogP contribution in [0.3, 0.4) is 0 Å². The van der Waals surface area contributed by atoms with E-state index in [1.807, 2.05) is 0 Å². The summed E-state index contributed by atoms with van der Waals surface area (Å²) in [7, 11) is 0.772. The van der Waals surface area contributed by atoms with E-state index in [0.717, 1.165) is 0 Å². The van der Waals surface area contributed by atoms with Crippen molar-refractivity contribution in [2.45, 2.75) is 11.4 Å². The Kier molecular flexibility index (Phi) is 6.74. The van der Waals surface area contributed by atoms with Crippen molar-refractivity contribution in [3.05, 3.63) is 77.3 Å². The van der Waals surface area contributed by atoms with E-state index in [9.17, 15) is 8.42 Å². The van der Waals surface area contributed by atoms with Gasteiger partial charge in [-0.15, -0.1) is 0 Å². The Morgan fingerprint density at radius 2 is 1.30 bits per heavy atom. The van der Waals surface area contributed by atoms with Crippen LogP contribution in [0.15, 0.2) is 71.6 Å². The summed E-state index contributed by atoms with van der Waals surface area (Å²) in [6.07, 6.45) is 0. The van der Waals surface area contributed by atoms with Gasteiger partial charge >= 0.3 is 0 Å². The summed E-state index contributed by atoms with van der Waals surface area (Å²) >= 11 is 5.94. The maximum Gasteiger partial charge on any atom is 0.264 e. The standard InChI is InChI=1S/C22H22ClNO5S/c1-27-19-8-6-18(7-9-19)24(30(25,26)22-10-4-17(23)5-11-22)15-16-12-20(28-2)14-21(13-16)29-3/h4-14H,15H2,1-3H3. The fraction of sp³-hybridized carbons (Fsp3) is 0.182. The van der Waals surface area contributed by atoms with Gasteiger partial charge in [-0.1, -0.05) is 11.6 Å². The second-order valence-corrected chi connectivity index (χ2v) is 8.68. The second-order valence-electron chi connectivity index (χ2n) is 6.38. The first-order valence-corrected chi connectivity index (χ1v) is 10.8. The molecule has 6 nitrogen and oxygen atoms in total. The van der Waals surface area contributed by atoms with Crippen LogP contribution in [-0.2, 0) is 16.6 Å². The summed E-state index contributed by atoms with van der Waals surface area (Å²) in [5, 5.41) is 0.461. The van der Waals surface area contributed by atoms with Crippen molar-refractivity contribution in [2.75, 3.05) is 25.6 Å². The van der Waals surface area contributed by atoms with Gasteiger partial charge in [0.05, 0.1) is 38.5 Å². The van der Waals surface area contributed by atoms with Crippen molar-refractivity contribution in [3.63, 3.8) is 0 Å². The molecule has 0 saturated carbocycles. The van der Waals surface area contributed by atoms with Crippen LogP contribution in [-0.4, -0.2) is 29.7 Å². The minimum absolute atomic E-state index is 0.0743. The first-order chi connectivity index (χ1) is 14.4. The molecule has 8 heteroatoms. The van der Waals surface area contributed by atoms with Gasteiger partial charge < -0.3 is 14.2 Å². The molecule has 158 valence electrons. The van der Waals surface area contributed by atoms with Gasteiger partial charge in [-0.05, 0) is 66.2 Å². The van der Waals surface area contributed by atoms with Gasteiger partial charge in [0.2, 0.25) is 0 Å². The van der Waals surface area contributed by atoms with Gasteiger partial charge in [0.15, 0.2) is 0 Å². The average molecular weight is 448 g/mol. The predicted octanol–water partition coefficient (Wildman–Crippen LogP) is 4.76. The third-order valence-electron chi connectivity index (χ3n) is 4.50. The largest absolute Gasteiger partial charge is 0.497 e. The zero-order valence-corrected chi connectivity index (χ0v) is 18.4. The van der Waals surface area contributed by atoms with E-state index in [0.29, 0.717) is 33.5 Å². The van der Waals surface area contributed by atoms with Crippen LogP contribution in [0, 0.1) is 0 Å². The lowest BCUT2D eigenvalue weighted by Crippen LogP contribution is -2.30. The van der Waals surface area contributed by atoms with Gasteiger partial charge in [-0.25, -0.2) is 8.42 Å². The molecule has 3 rings (SSSR count). The Bertz CT molecular complexity index is 1080. The number of ether oxygens (including phenoxy) is 3. The second kappa shape index (κ2) is 9.28. The number of rotatable bonds is 8.